The van der Waals surface area contributed by atoms with Crippen molar-refractivity contribution in [2.24, 2.45) is 11.5 Å². The molecule has 316 valence electrons. The molecule has 0 saturated carbocycles. The number of likely N-dealkylation sites (tertiary alicyclic amines) is 1. The number of hydrogen-bond acceptors (Lipinski definition) is 7. The lowest BCUT2D eigenvalue weighted by Gasteiger charge is -2.31. The Hall–Kier alpha value is -5.69. The van der Waals surface area contributed by atoms with Gasteiger partial charge in [0.05, 0.1) is 6.04 Å². The normalized spacial score (nSPS) is 15.9. The summed E-state index contributed by atoms with van der Waals surface area (Å²) >= 11 is 0. The summed E-state index contributed by atoms with van der Waals surface area (Å²) in [5.41, 5.74) is 16.9. The predicted octanol–water partition coefficient (Wildman–Crippen LogP) is 4.53. The monoisotopic (exact) mass is 807 g/mol. The largest absolute Gasteiger partial charge is 0.508 e. The van der Waals surface area contributed by atoms with E-state index >= 15 is 0 Å². The lowest BCUT2D eigenvalue weighted by Crippen LogP contribution is -2.59. The number of phenolic OH excluding ortho intramolecular Hbond substituents is 1. The first kappa shape index (κ1) is 44.4. The Kier molecular flexibility index (Phi) is 16.1. The fraction of sp³-hybridized carbons (Fsp3) is 0.457. The smallest absolute Gasteiger partial charge is 0.246 e. The summed E-state index contributed by atoms with van der Waals surface area (Å²) in [6.07, 6.45) is 9.80. The summed E-state index contributed by atoms with van der Waals surface area (Å²) in [6.45, 7) is 6.10. The van der Waals surface area contributed by atoms with Crippen molar-refractivity contribution in [2.45, 2.75) is 128 Å². The zero-order valence-electron chi connectivity index (χ0n) is 34.6. The topological polar surface area (TPSA) is 213 Å². The standard InChI is InChI=1S/C46H61N7O6/c1-4-5-6-7-8-12-19-36(47)43(56)52-40(27-35-29(2)23-33(54)24-30(35)3)46(59)53-22-15-21-41(53)45(58)51-39(26-32-28-49-37-20-14-13-18-34(32)37)44(57)50-38(42(48)55)25-31-16-10-9-11-17-31/h9-11,13-14,16-18,20,23-24,28,36,38-41,49,54H,4-8,12,15,19,21-22,25-27,47H2,1-3H3,(H2,48,55)(H,50,57)(H,51,58)(H,52,56)/t36?,38-,39-,40-,41-/m0/s1. The van der Waals surface area contributed by atoms with Gasteiger partial charge < -0.3 is 42.4 Å². The molecule has 1 saturated heterocycles. The molecule has 5 rings (SSSR count). The minimum absolute atomic E-state index is 0.0909. The number of nitrogens with one attached hydrogen (secondary N) is 4. The van der Waals surface area contributed by atoms with Crippen LogP contribution in [0.25, 0.3) is 10.9 Å². The number of aromatic amines is 1. The van der Waals surface area contributed by atoms with Gasteiger partial charge in [0.2, 0.25) is 29.5 Å². The predicted molar refractivity (Wildman–Crippen MR) is 229 cm³/mol. The number of carbonyl (C=O) groups is 5. The van der Waals surface area contributed by atoms with Gasteiger partial charge in [-0.3, -0.25) is 24.0 Å². The Morgan fingerprint density at radius 2 is 1.47 bits per heavy atom. The highest BCUT2D eigenvalue weighted by Crippen LogP contribution is 2.26. The summed E-state index contributed by atoms with van der Waals surface area (Å²) in [4.78, 5) is 73.9. The van der Waals surface area contributed by atoms with Gasteiger partial charge in [0.25, 0.3) is 0 Å². The Labute approximate surface area is 347 Å². The summed E-state index contributed by atoms with van der Waals surface area (Å²) in [5, 5.41) is 19.7. The number of rotatable bonds is 21. The van der Waals surface area contributed by atoms with Crippen molar-refractivity contribution < 1.29 is 29.1 Å². The molecular weight excluding hydrogens is 747 g/mol. The van der Waals surface area contributed by atoms with E-state index in [1.165, 1.54) is 11.3 Å². The van der Waals surface area contributed by atoms with E-state index in [9.17, 15) is 29.1 Å². The van der Waals surface area contributed by atoms with Crippen LogP contribution in [0.5, 0.6) is 5.75 Å². The van der Waals surface area contributed by atoms with Crippen LogP contribution >= 0.6 is 0 Å². The van der Waals surface area contributed by atoms with Gasteiger partial charge in [0.1, 0.15) is 29.9 Å². The van der Waals surface area contributed by atoms with Crippen LogP contribution in [-0.4, -0.2) is 81.3 Å². The molecule has 5 atom stereocenters. The van der Waals surface area contributed by atoms with Crippen LogP contribution < -0.4 is 27.4 Å². The maximum Gasteiger partial charge on any atom is 0.246 e. The molecule has 9 N–H and O–H groups in total. The van der Waals surface area contributed by atoms with E-state index in [1.54, 1.807) is 18.3 Å². The first-order chi connectivity index (χ1) is 28.4. The molecule has 1 aliphatic heterocycles. The molecule has 0 aliphatic carbocycles. The van der Waals surface area contributed by atoms with Crippen LogP contribution in [0, 0.1) is 13.8 Å². The number of aromatic nitrogens is 1. The molecule has 0 spiro atoms. The molecule has 5 amide bonds. The second kappa shape index (κ2) is 21.4. The molecule has 2 heterocycles. The van der Waals surface area contributed by atoms with Crippen molar-refractivity contribution in [1.82, 2.24) is 25.8 Å². The average molecular weight is 808 g/mol. The number of unbranched alkanes of at least 4 members (excludes halogenated alkanes) is 5. The summed E-state index contributed by atoms with van der Waals surface area (Å²) in [5.74, 6) is -2.63. The summed E-state index contributed by atoms with van der Waals surface area (Å²) < 4.78 is 0. The van der Waals surface area contributed by atoms with Gasteiger partial charge in [-0.15, -0.1) is 0 Å². The van der Waals surface area contributed by atoms with Crippen LogP contribution in [0.15, 0.2) is 72.9 Å². The van der Waals surface area contributed by atoms with Crippen LogP contribution in [-0.2, 0) is 43.2 Å². The number of nitrogens with zero attached hydrogens (tertiary/aromatic N) is 1. The van der Waals surface area contributed by atoms with Gasteiger partial charge in [-0.05, 0) is 79.1 Å². The molecular formula is C46H61N7O6. The van der Waals surface area contributed by atoms with Crippen LogP contribution in [0.2, 0.25) is 0 Å². The number of primary amides is 1. The molecule has 4 aromatic rings. The van der Waals surface area contributed by atoms with E-state index in [2.05, 4.69) is 27.9 Å². The maximum absolute atomic E-state index is 14.6. The van der Waals surface area contributed by atoms with Crippen LogP contribution in [0.3, 0.4) is 0 Å². The van der Waals surface area contributed by atoms with Crippen molar-refractivity contribution >= 4 is 40.4 Å². The van der Waals surface area contributed by atoms with Crippen molar-refractivity contribution in [3.63, 3.8) is 0 Å². The third kappa shape index (κ3) is 12.2. The minimum atomic E-state index is -1.13. The maximum atomic E-state index is 14.6. The van der Waals surface area contributed by atoms with E-state index in [0.717, 1.165) is 70.8 Å². The highest BCUT2D eigenvalue weighted by molar-refractivity contribution is 5.97. The van der Waals surface area contributed by atoms with E-state index < -0.39 is 59.7 Å². The molecule has 0 bridgehead atoms. The van der Waals surface area contributed by atoms with E-state index in [-0.39, 0.29) is 31.6 Å². The van der Waals surface area contributed by atoms with Gasteiger partial charge in [0, 0.05) is 42.9 Å². The molecule has 1 aromatic heterocycles. The molecule has 0 radical (unpaired) electrons. The Morgan fingerprint density at radius 3 is 2.19 bits per heavy atom. The van der Waals surface area contributed by atoms with E-state index in [4.69, 9.17) is 11.5 Å². The molecule has 59 heavy (non-hydrogen) atoms. The summed E-state index contributed by atoms with van der Waals surface area (Å²) in [6, 6.07) is 15.1. The fourth-order valence-electron chi connectivity index (χ4n) is 8.10. The number of carbonyl (C=O) groups excluding carboxylic acids is 5. The molecule has 13 heteroatoms. The first-order valence-corrected chi connectivity index (χ1v) is 21.0. The number of phenols is 1. The van der Waals surface area contributed by atoms with Gasteiger partial charge in [-0.25, -0.2) is 0 Å². The third-order valence-electron chi connectivity index (χ3n) is 11.4. The zero-order valence-corrected chi connectivity index (χ0v) is 34.6. The molecule has 3 aromatic carbocycles. The number of H-pyrrole nitrogens is 1. The number of amides is 5. The molecule has 13 nitrogen and oxygen atoms in total. The molecule has 1 aliphatic rings. The highest BCUT2D eigenvalue weighted by Gasteiger charge is 2.40. The van der Waals surface area contributed by atoms with Gasteiger partial charge >= 0.3 is 0 Å². The SMILES string of the molecule is CCCCCCCCC(N)C(=O)N[C@@H](Cc1c(C)cc(O)cc1C)C(=O)N1CCC[C@H]1C(=O)N[C@@H](Cc1c[nH]c2ccccc12)C(=O)N[C@@H](Cc1ccccc1)C(N)=O. The second-order valence-electron chi connectivity index (χ2n) is 16.0. The number of benzene rings is 3. The number of nitrogens with two attached hydrogens (primary N) is 2. The van der Waals surface area contributed by atoms with Crippen molar-refractivity contribution in [2.75, 3.05) is 6.54 Å². The molecule has 1 unspecified atom stereocenters. The number of aromatic hydroxyl groups is 1. The highest BCUT2D eigenvalue weighted by atomic mass is 16.3. The Balaban J connectivity index is 1.36. The zero-order chi connectivity index (χ0) is 42.5. The minimum Gasteiger partial charge on any atom is -0.508 e. The Bertz CT molecular complexity index is 2040. The first-order valence-electron chi connectivity index (χ1n) is 21.0. The van der Waals surface area contributed by atoms with Crippen LogP contribution in [0.4, 0.5) is 0 Å². The van der Waals surface area contributed by atoms with Crippen molar-refractivity contribution in [3.8, 4) is 5.75 Å². The number of aryl methyl sites for hydroxylation is 2. The van der Waals surface area contributed by atoms with Gasteiger partial charge in [-0.2, -0.15) is 0 Å². The van der Waals surface area contributed by atoms with Gasteiger partial charge in [0.15, 0.2) is 0 Å². The third-order valence-corrected chi connectivity index (χ3v) is 11.4. The lowest BCUT2D eigenvalue weighted by atomic mass is 9.94. The van der Waals surface area contributed by atoms with E-state index in [0.29, 0.717) is 19.3 Å². The van der Waals surface area contributed by atoms with Crippen molar-refractivity contribution in [1.29, 1.82) is 0 Å². The summed E-state index contributed by atoms with van der Waals surface area (Å²) in [7, 11) is 0. The van der Waals surface area contributed by atoms with E-state index in [1.807, 2.05) is 68.4 Å². The average Bonchev–Trinajstić information content (AvgIpc) is 3.87. The fourth-order valence-corrected chi connectivity index (χ4v) is 8.10. The number of fused-ring (bicyclic) bond motifs is 1. The second-order valence-corrected chi connectivity index (χ2v) is 16.0. The van der Waals surface area contributed by atoms with Crippen molar-refractivity contribution in [3.05, 3.63) is 101 Å². The Morgan fingerprint density at radius 1 is 0.814 bits per heavy atom. The number of hydrogen-bond donors (Lipinski definition) is 7. The molecule has 1 fully saturated rings. The van der Waals surface area contributed by atoms with Gasteiger partial charge in [-0.1, -0.05) is 94.0 Å². The number of para-hydroxylation sites is 1. The quantitative estimate of drug-likeness (QED) is 0.0598. The lowest BCUT2D eigenvalue weighted by molar-refractivity contribution is -0.142. The van der Waals surface area contributed by atoms with Crippen LogP contribution in [0.1, 0.15) is 92.5 Å².